The van der Waals surface area contributed by atoms with E-state index in [2.05, 4.69) is 57.3 Å². The van der Waals surface area contributed by atoms with E-state index < -0.39 is 0 Å². The summed E-state index contributed by atoms with van der Waals surface area (Å²) < 4.78 is 11.7. The molecular formula is C17H27NO2. The first-order valence-electron chi connectivity index (χ1n) is 7.49. The average Bonchev–Trinajstić information content (AvgIpc) is 2.87. The van der Waals surface area contributed by atoms with Crippen molar-refractivity contribution in [2.75, 3.05) is 19.8 Å². The minimum absolute atomic E-state index is 0.0853. The zero-order chi connectivity index (χ0) is 14.6. The molecule has 0 radical (unpaired) electrons. The zero-order valence-corrected chi connectivity index (χ0v) is 13.1. The average molecular weight is 277 g/mol. The van der Waals surface area contributed by atoms with E-state index >= 15 is 0 Å². The number of hydrogen-bond acceptors (Lipinski definition) is 3. The summed E-state index contributed by atoms with van der Waals surface area (Å²) in [4.78, 5) is 0. The molecule has 0 aromatic heterocycles. The van der Waals surface area contributed by atoms with Crippen molar-refractivity contribution in [1.82, 2.24) is 5.32 Å². The Morgan fingerprint density at radius 1 is 1.35 bits per heavy atom. The highest BCUT2D eigenvalue weighted by Crippen LogP contribution is 2.25. The van der Waals surface area contributed by atoms with Gasteiger partial charge in [-0.2, -0.15) is 0 Å². The highest BCUT2D eigenvalue weighted by atomic mass is 16.6. The van der Waals surface area contributed by atoms with Gasteiger partial charge < -0.3 is 14.8 Å². The van der Waals surface area contributed by atoms with Crippen molar-refractivity contribution in [3.05, 3.63) is 35.4 Å². The summed E-state index contributed by atoms with van der Waals surface area (Å²) in [5.41, 5.74) is 2.65. The molecule has 1 saturated heterocycles. The van der Waals surface area contributed by atoms with E-state index in [1.54, 1.807) is 0 Å². The van der Waals surface area contributed by atoms with Gasteiger partial charge in [0.15, 0.2) is 0 Å². The fraction of sp³-hybridized carbons (Fsp3) is 0.647. The Morgan fingerprint density at radius 3 is 2.70 bits per heavy atom. The van der Waals surface area contributed by atoms with Crippen molar-refractivity contribution < 1.29 is 9.47 Å². The number of ether oxygens (including phenoxy) is 2. The SMILES string of the molecule is Cc1ccccc1C(CNC(C)(C)C)OC1CCOC1. The summed E-state index contributed by atoms with van der Waals surface area (Å²) in [6, 6.07) is 8.47. The number of hydrogen-bond donors (Lipinski definition) is 1. The molecule has 0 bridgehead atoms. The van der Waals surface area contributed by atoms with Crippen LogP contribution in [0, 0.1) is 6.92 Å². The van der Waals surface area contributed by atoms with Gasteiger partial charge in [0.1, 0.15) is 0 Å². The molecule has 1 heterocycles. The van der Waals surface area contributed by atoms with Crippen LogP contribution < -0.4 is 5.32 Å². The molecule has 1 N–H and O–H groups in total. The molecule has 3 nitrogen and oxygen atoms in total. The van der Waals surface area contributed by atoms with Gasteiger partial charge in [-0.05, 0) is 45.2 Å². The predicted molar refractivity (Wildman–Crippen MR) is 82.0 cm³/mol. The van der Waals surface area contributed by atoms with E-state index in [1.165, 1.54) is 11.1 Å². The first-order chi connectivity index (χ1) is 9.46. The maximum atomic E-state index is 6.29. The van der Waals surface area contributed by atoms with Gasteiger partial charge in [0.2, 0.25) is 0 Å². The fourth-order valence-electron chi connectivity index (χ4n) is 2.43. The summed E-state index contributed by atoms with van der Waals surface area (Å²) in [5, 5.41) is 3.56. The standard InChI is InChI=1S/C17H27NO2/c1-13-7-5-6-8-15(13)16(11-18-17(2,3)4)20-14-9-10-19-12-14/h5-8,14,16,18H,9-12H2,1-4H3. The van der Waals surface area contributed by atoms with Gasteiger partial charge >= 0.3 is 0 Å². The molecule has 0 spiro atoms. The van der Waals surface area contributed by atoms with Crippen LogP contribution in [0.25, 0.3) is 0 Å². The van der Waals surface area contributed by atoms with E-state index in [1.807, 2.05) is 0 Å². The number of aryl methyl sites for hydroxylation is 1. The second-order valence-electron chi connectivity index (χ2n) is 6.60. The van der Waals surface area contributed by atoms with Gasteiger partial charge in [-0.3, -0.25) is 0 Å². The second-order valence-corrected chi connectivity index (χ2v) is 6.60. The van der Waals surface area contributed by atoms with Crippen LogP contribution in [0.2, 0.25) is 0 Å². The summed E-state index contributed by atoms with van der Waals surface area (Å²) >= 11 is 0. The van der Waals surface area contributed by atoms with Gasteiger partial charge in [0.25, 0.3) is 0 Å². The first kappa shape index (κ1) is 15.5. The van der Waals surface area contributed by atoms with Gasteiger partial charge in [0, 0.05) is 18.7 Å². The monoisotopic (exact) mass is 277 g/mol. The largest absolute Gasteiger partial charge is 0.379 e. The smallest absolute Gasteiger partial charge is 0.0956 e. The molecule has 0 amide bonds. The molecule has 2 atom stereocenters. The minimum Gasteiger partial charge on any atom is -0.379 e. The summed E-state index contributed by atoms with van der Waals surface area (Å²) in [6.45, 7) is 11.1. The molecule has 20 heavy (non-hydrogen) atoms. The van der Waals surface area contributed by atoms with Gasteiger partial charge in [-0.15, -0.1) is 0 Å². The van der Waals surface area contributed by atoms with Gasteiger partial charge in [-0.1, -0.05) is 24.3 Å². The molecular weight excluding hydrogens is 250 g/mol. The summed E-state index contributed by atoms with van der Waals surface area (Å²) in [5.74, 6) is 0. The molecule has 1 aromatic carbocycles. The molecule has 112 valence electrons. The Morgan fingerprint density at radius 2 is 2.10 bits per heavy atom. The molecule has 2 rings (SSSR count). The molecule has 1 aliphatic heterocycles. The second kappa shape index (κ2) is 6.70. The molecule has 0 aliphatic carbocycles. The lowest BCUT2D eigenvalue weighted by Crippen LogP contribution is -2.40. The molecule has 0 saturated carbocycles. The van der Waals surface area contributed by atoms with Crippen molar-refractivity contribution in [2.24, 2.45) is 0 Å². The fourth-order valence-corrected chi connectivity index (χ4v) is 2.43. The van der Waals surface area contributed by atoms with Crippen LogP contribution in [0.1, 0.15) is 44.4 Å². The third kappa shape index (κ3) is 4.58. The lowest BCUT2D eigenvalue weighted by molar-refractivity contribution is -0.0191. The summed E-state index contributed by atoms with van der Waals surface area (Å²) in [7, 11) is 0. The van der Waals surface area contributed by atoms with Crippen molar-refractivity contribution in [1.29, 1.82) is 0 Å². The predicted octanol–water partition coefficient (Wildman–Crippen LogP) is 3.23. The van der Waals surface area contributed by atoms with Crippen molar-refractivity contribution in [2.45, 2.75) is 51.9 Å². The van der Waals surface area contributed by atoms with E-state index in [0.29, 0.717) is 0 Å². The van der Waals surface area contributed by atoms with Gasteiger partial charge in [-0.25, -0.2) is 0 Å². The highest BCUT2D eigenvalue weighted by Gasteiger charge is 2.24. The molecule has 1 aliphatic rings. The van der Waals surface area contributed by atoms with Crippen LogP contribution in [0.4, 0.5) is 0 Å². The molecule has 2 unspecified atom stereocenters. The van der Waals surface area contributed by atoms with Gasteiger partial charge in [0.05, 0.1) is 18.8 Å². The van der Waals surface area contributed by atoms with Crippen LogP contribution in [0.15, 0.2) is 24.3 Å². The van der Waals surface area contributed by atoms with Crippen molar-refractivity contribution in [3.63, 3.8) is 0 Å². The number of nitrogens with one attached hydrogen (secondary N) is 1. The first-order valence-corrected chi connectivity index (χ1v) is 7.49. The highest BCUT2D eigenvalue weighted by molar-refractivity contribution is 5.28. The topological polar surface area (TPSA) is 30.5 Å². The minimum atomic E-state index is 0.0853. The Bertz CT molecular complexity index is 419. The van der Waals surface area contributed by atoms with Crippen LogP contribution in [0.3, 0.4) is 0 Å². The van der Waals surface area contributed by atoms with Crippen LogP contribution >= 0.6 is 0 Å². The molecule has 3 heteroatoms. The van der Waals surface area contributed by atoms with E-state index in [-0.39, 0.29) is 17.7 Å². The number of rotatable bonds is 5. The quantitative estimate of drug-likeness (QED) is 0.896. The van der Waals surface area contributed by atoms with Crippen molar-refractivity contribution in [3.8, 4) is 0 Å². The van der Waals surface area contributed by atoms with E-state index in [9.17, 15) is 0 Å². The normalized spacial score (nSPS) is 21.1. The maximum Gasteiger partial charge on any atom is 0.0956 e. The number of benzene rings is 1. The molecule has 1 aromatic rings. The maximum absolute atomic E-state index is 6.29. The van der Waals surface area contributed by atoms with Crippen LogP contribution in [0.5, 0.6) is 0 Å². The van der Waals surface area contributed by atoms with Crippen molar-refractivity contribution >= 4 is 0 Å². The Labute approximate surface area is 122 Å². The summed E-state index contributed by atoms with van der Waals surface area (Å²) in [6.07, 6.45) is 1.31. The third-order valence-electron chi connectivity index (χ3n) is 3.60. The lowest BCUT2D eigenvalue weighted by Gasteiger charge is -2.28. The Balaban J connectivity index is 2.08. The lowest BCUT2D eigenvalue weighted by atomic mass is 10.0. The Kier molecular flexibility index (Phi) is 5.19. The van der Waals surface area contributed by atoms with E-state index in [0.717, 1.165) is 26.2 Å². The van der Waals surface area contributed by atoms with Crippen LogP contribution in [-0.2, 0) is 9.47 Å². The zero-order valence-electron chi connectivity index (χ0n) is 13.1. The Hall–Kier alpha value is -0.900. The van der Waals surface area contributed by atoms with Crippen LogP contribution in [-0.4, -0.2) is 31.4 Å². The third-order valence-corrected chi connectivity index (χ3v) is 3.60. The molecule has 1 fully saturated rings. The van der Waals surface area contributed by atoms with E-state index in [4.69, 9.17) is 9.47 Å².